The first-order chi connectivity index (χ1) is 10.6. The van der Waals surface area contributed by atoms with Crippen LogP contribution in [0, 0.1) is 0 Å². The van der Waals surface area contributed by atoms with E-state index in [0.717, 1.165) is 31.6 Å². The second kappa shape index (κ2) is 6.54. The van der Waals surface area contributed by atoms with Gasteiger partial charge in [-0.15, -0.1) is 11.3 Å². The Hall–Kier alpha value is -1.15. The highest BCUT2D eigenvalue weighted by atomic mass is 35.5. The quantitative estimate of drug-likeness (QED) is 0.913. The van der Waals surface area contributed by atoms with E-state index in [2.05, 4.69) is 14.6 Å². The molecular formula is C14H16ClN3O2S2. The molecule has 0 bridgehead atoms. The standard InChI is InChI=1S/C14H16ClN3O2S2/c15-12-10-16-6-3-13(12)18-7-4-11(5-8-18)17-22(19,20)14-2-1-9-21-14/h1-3,6,9-11,17H,4-5,7-8H2. The maximum Gasteiger partial charge on any atom is 0.250 e. The fourth-order valence-corrected chi connectivity index (χ4v) is 5.11. The predicted molar refractivity (Wildman–Crippen MR) is 89.1 cm³/mol. The van der Waals surface area contributed by atoms with Crippen LogP contribution >= 0.6 is 22.9 Å². The maximum absolute atomic E-state index is 12.2. The second-order valence-electron chi connectivity index (χ2n) is 5.14. The van der Waals surface area contributed by atoms with Crippen molar-refractivity contribution < 1.29 is 8.42 Å². The Kier molecular flexibility index (Phi) is 4.67. The lowest BCUT2D eigenvalue weighted by atomic mass is 10.1. The molecule has 1 saturated heterocycles. The van der Waals surface area contributed by atoms with Crippen LogP contribution in [0.4, 0.5) is 5.69 Å². The molecule has 0 saturated carbocycles. The van der Waals surface area contributed by atoms with E-state index in [1.165, 1.54) is 11.3 Å². The first kappa shape index (κ1) is 15.7. The average molecular weight is 358 g/mol. The van der Waals surface area contributed by atoms with Gasteiger partial charge in [-0.3, -0.25) is 4.98 Å². The summed E-state index contributed by atoms with van der Waals surface area (Å²) in [4.78, 5) is 6.15. The van der Waals surface area contributed by atoms with Gasteiger partial charge in [0.15, 0.2) is 0 Å². The van der Waals surface area contributed by atoms with Crippen LogP contribution in [0.5, 0.6) is 0 Å². The minimum atomic E-state index is -3.39. The molecule has 3 heterocycles. The number of aromatic nitrogens is 1. The highest BCUT2D eigenvalue weighted by Gasteiger charge is 2.25. The third-order valence-electron chi connectivity index (χ3n) is 3.67. The first-order valence-electron chi connectivity index (χ1n) is 6.96. The van der Waals surface area contributed by atoms with Gasteiger partial charge in [-0.2, -0.15) is 0 Å². The number of nitrogens with zero attached hydrogens (tertiary/aromatic N) is 2. The summed E-state index contributed by atoms with van der Waals surface area (Å²) in [5, 5.41) is 2.39. The Morgan fingerprint density at radius 3 is 2.73 bits per heavy atom. The molecule has 0 atom stereocenters. The maximum atomic E-state index is 12.2. The summed E-state index contributed by atoms with van der Waals surface area (Å²) in [5.41, 5.74) is 0.955. The fourth-order valence-electron chi connectivity index (χ4n) is 2.56. The number of piperidine rings is 1. The number of thiophene rings is 1. The molecular weight excluding hydrogens is 342 g/mol. The van der Waals surface area contributed by atoms with Crippen LogP contribution in [-0.2, 0) is 10.0 Å². The van der Waals surface area contributed by atoms with Gasteiger partial charge in [-0.25, -0.2) is 13.1 Å². The molecule has 0 radical (unpaired) electrons. The molecule has 1 N–H and O–H groups in total. The average Bonchev–Trinajstić information content (AvgIpc) is 3.04. The minimum absolute atomic E-state index is 0.0380. The smallest absolute Gasteiger partial charge is 0.250 e. The third-order valence-corrected chi connectivity index (χ3v) is 6.88. The highest BCUT2D eigenvalue weighted by molar-refractivity contribution is 7.91. The summed E-state index contributed by atoms with van der Waals surface area (Å²) in [6.45, 7) is 1.53. The van der Waals surface area contributed by atoms with Crippen LogP contribution in [0.1, 0.15) is 12.8 Å². The molecule has 118 valence electrons. The molecule has 2 aromatic heterocycles. The molecule has 1 aliphatic rings. The van der Waals surface area contributed by atoms with E-state index in [4.69, 9.17) is 11.6 Å². The van der Waals surface area contributed by atoms with Crippen LogP contribution in [0.15, 0.2) is 40.2 Å². The topological polar surface area (TPSA) is 62.3 Å². The SMILES string of the molecule is O=S(=O)(NC1CCN(c2ccncc2Cl)CC1)c1cccs1. The van der Waals surface area contributed by atoms with Crippen molar-refractivity contribution in [2.24, 2.45) is 0 Å². The first-order valence-corrected chi connectivity index (χ1v) is 9.70. The number of halogens is 1. The molecule has 0 spiro atoms. The summed E-state index contributed by atoms with van der Waals surface area (Å²) >= 11 is 7.39. The number of hydrogen-bond acceptors (Lipinski definition) is 5. The number of hydrogen-bond donors (Lipinski definition) is 1. The molecule has 0 aromatic carbocycles. The molecule has 22 heavy (non-hydrogen) atoms. The van der Waals surface area contributed by atoms with E-state index in [9.17, 15) is 8.42 Å². The van der Waals surface area contributed by atoms with E-state index in [0.29, 0.717) is 9.23 Å². The van der Waals surface area contributed by atoms with E-state index < -0.39 is 10.0 Å². The van der Waals surface area contributed by atoms with Gasteiger partial charge in [-0.1, -0.05) is 17.7 Å². The monoisotopic (exact) mass is 357 g/mol. The number of anilines is 1. The number of sulfonamides is 1. The summed E-state index contributed by atoms with van der Waals surface area (Å²) in [7, 11) is -3.39. The Bertz CT molecular complexity index is 726. The normalized spacial score (nSPS) is 16.9. The van der Waals surface area contributed by atoms with Gasteiger partial charge in [0, 0.05) is 31.5 Å². The van der Waals surface area contributed by atoms with Crippen LogP contribution in [-0.4, -0.2) is 32.5 Å². The number of nitrogens with one attached hydrogen (secondary N) is 1. The van der Waals surface area contributed by atoms with Gasteiger partial charge in [-0.05, 0) is 30.4 Å². The van der Waals surface area contributed by atoms with Gasteiger partial charge in [0.2, 0.25) is 10.0 Å². The molecule has 0 aliphatic carbocycles. The van der Waals surface area contributed by atoms with Crippen molar-refractivity contribution in [3.8, 4) is 0 Å². The minimum Gasteiger partial charge on any atom is -0.370 e. The summed E-state index contributed by atoms with van der Waals surface area (Å²) in [6, 6.07) is 5.22. The van der Waals surface area contributed by atoms with Crippen molar-refractivity contribution in [1.82, 2.24) is 9.71 Å². The summed E-state index contributed by atoms with van der Waals surface area (Å²) in [6.07, 6.45) is 4.85. The lowest BCUT2D eigenvalue weighted by Crippen LogP contribution is -2.44. The van der Waals surface area contributed by atoms with E-state index in [-0.39, 0.29) is 6.04 Å². The Morgan fingerprint density at radius 1 is 1.32 bits per heavy atom. The van der Waals surface area contributed by atoms with Gasteiger partial charge >= 0.3 is 0 Å². The third kappa shape index (κ3) is 3.43. The van der Waals surface area contributed by atoms with Crippen molar-refractivity contribution in [1.29, 1.82) is 0 Å². The van der Waals surface area contributed by atoms with Gasteiger partial charge in [0.1, 0.15) is 4.21 Å². The second-order valence-corrected chi connectivity index (χ2v) is 8.44. The van der Waals surface area contributed by atoms with E-state index in [1.807, 2.05) is 6.07 Å². The molecule has 2 aromatic rings. The van der Waals surface area contributed by atoms with E-state index >= 15 is 0 Å². The zero-order valence-electron chi connectivity index (χ0n) is 11.8. The summed E-state index contributed by atoms with van der Waals surface area (Å²) < 4.78 is 27.6. The predicted octanol–water partition coefficient (Wildman–Crippen LogP) is 2.74. The molecule has 1 fully saturated rings. The number of rotatable bonds is 4. The van der Waals surface area contributed by atoms with Crippen molar-refractivity contribution in [3.63, 3.8) is 0 Å². The lowest BCUT2D eigenvalue weighted by Gasteiger charge is -2.34. The van der Waals surface area contributed by atoms with Crippen molar-refractivity contribution in [2.75, 3.05) is 18.0 Å². The molecule has 8 heteroatoms. The van der Waals surface area contributed by atoms with Gasteiger partial charge in [0.05, 0.1) is 10.7 Å². The summed E-state index contributed by atoms with van der Waals surface area (Å²) in [5.74, 6) is 0. The van der Waals surface area contributed by atoms with Crippen LogP contribution < -0.4 is 9.62 Å². The number of pyridine rings is 1. The van der Waals surface area contributed by atoms with Gasteiger partial charge < -0.3 is 4.90 Å². The largest absolute Gasteiger partial charge is 0.370 e. The molecule has 3 rings (SSSR count). The zero-order chi connectivity index (χ0) is 15.6. The van der Waals surface area contributed by atoms with Crippen LogP contribution in [0.3, 0.4) is 0 Å². The van der Waals surface area contributed by atoms with Crippen LogP contribution in [0.2, 0.25) is 5.02 Å². The molecule has 1 aliphatic heterocycles. The zero-order valence-corrected chi connectivity index (χ0v) is 14.2. The van der Waals surface area contributed by atoms with Crippen LogP contribution in [0.25, 0.3) is 0 Å². The highest BCUT2D eigenvalue weighted by Crippen LogP contribution is 2.27. The Balaban J connectivity index is 1.62. The fraction of sp³-hybridized carbons (Fsp3) is 0.357. The van der Waals surface area contributed by atoms with Crippen molar-refractivity contribution in [3.05, 3.63) is 41.0 Å². The Morgan fingerprint density at radius 2 is 2.09 bits per heavy atom. The molecule has 5 nitrogen and oxygen atoms in total. The molecule has 0 amide bonds. The lowest BCUT2D eigenvalue weighted by molar-refractivity contribution is 0.460. The Labute approximate surface area is 139 Å². The van der Waals surface area contributed by atoms with Crippen molar-refractivity contribution >= 4 is 38.6 Å². The van der Waals surface area contributed by atoms with E-state index in [1.54, 1.807) is 29.9 Å². The van der Waals surface area contributed by atoms with Gasteiger partial charge in [0.25, 0.3) is 0 Å². The molecule has 0 unspecified atom stereocenters. The van der Waals surface area contributed by atoms with Crippen molar-refractivity contribution in [2.45, 2.75) is 23.1 Å².